The highest BCUT2D eigenvalue weighted by atomic mass is 16.4. The summed E-state index contributed by atoms with van der Waals surface area (Å²) < 4.78 is 0. The summed E-state index contributed by atoms with van der Waals surface area (Å²) in [5.74, 6) is -0.162. The van der Waals surface area contributed by atoms with E-state index >= 15 is 0 Å². The lowest BCUT2D eigenvalue weighted by molar-refractivity contribution is -0.138. The minimum atomic E-state index is -0.875. The van der Waals surface area contributed by atoms with Crippen molar-refractivity contribution in [3.63, 3.8) is 0 Å². The third kappa shape index (κ3) is 6.06. The van der Waals surface area contributed by atoms with Crippen molar-refractivity contribution >= 4 is 17.7 Å². The number of carboxylic acid groups (broad SMARTS) is 1. The van der Waals surface area contributed by atoms with Gasteiger partial charge in [0, 0.05) is 25.3 Å². The van der Waals surface area contributed by atoms with Crippen molar-refractivity contribution in [3.05, 3.63) is 58.8 Å². The monoisotopic (exact) mass is 490 g/mol. The maximum atomic E-state index is 13.0. The lowest BCUT2D eigenvalue weighted by atomic mass is 9.91. The quantitative estimate of drug-likeness (QED) is 0.467. The van der Waals surface area contributed by atoms with Crippen LogP contribution in [0.5, 0.6) is 0 Å². The molecule has 3 aliphatic rings. The predicted molar refractivity (Wildman–Crippen MR) is 140 cm³/mol. The van der Waals surface area contributed by atoms with Crippen LogP contribution < -0.4 is 10.6 Å². The summed E-state index contributed by atoms with van der Waals surface area (Å²) in [6.45, 7) is 3.84. The number of nitrogens with zero attached hydrogens (tertiary/aromatic N) is 2. The molecule has 2 fully saturated rings. The molecule has 2 aromatic rings. The van der Waals surface area contributed by atoms with Gasteiger partial charge in [0.15, 0.2) is 0 Å². The number of likely N-dealkylation sites (tertiary alicyclic amines) is 1. The van der Waals surface area contributed by atoms with Crippen LogP contribution in [0.3, 0.4) is 0 Å². The summed E-state index contributed by atoms with van der Waals surface area (Å²) in [5, 5.41) is 16.3. The molecule has 3 heterocycles. The Balaban J connectivity index is 1.11. The number of hydrogen-bond acceptors (Lipinski definition) is 5. The highest BCUT2D eigenvalue weighted by molar-refractivity contribution is 5.81. The first-order valence-electron chi connectivity index (χ1n) is 13.6. The molecule has 1 amide bonds. The van der Waals surface area contributed by atoms with Gasteiger partial charge in [-0.1, -0.05) is 30.3 Å². The second kappa shape index (κ2) is 11.4. The number of pyridine rings is 1. The van der Waals surface area contributed by atoms with Crippen molar-refractivity contribution in [1.82, 2.24) is 15.2 Å². The van der Waals surface area contributed by atoms with Gasteiger partial charge in [0.25, 0.3) is 0 Å². The molecule has 1 aromatic heterocycles. The number of hydrogen-bond donors (Lipinski definition) is 3. The van der Waals surface area contributed by atoms with Crippen molar-refractivity contribution in [2.75, 3.05) is 38.0 Å². The topological polar surface area (TPSA) is 94.6 Å². The summed E-state index contributed by atoms with van der Waals surface area (Å²) >= 11 is 0. The van der Waals surface area contributed by atoms with Gasteiger partial charge in [0.2, 0.25) is 5.91 Å². The number of rotatable bonds is 10. The van der Waals surface area contributed by atoms with E-state index in [9.17, 15) is 14.7 Å². The number of carboxylic acids is 1. The number of aliphatic carboxylic acids is 1. The number of aryl methyl sites for hydroxylation is 2. The van der Waals surface area contributed by atoms with Gasteiger partial charge in [0.1, 0.15) is 5.82 Å². The zero-order valence-electron chi connectivity index (χ0n) is 21.0. The number of anilines is 1. The van der Waals surface area contributed by atoms with Crippen molar-refractivity contribution in [1.29, 1.82) is 0 Å². The van der Waals surface area contributed by atoms with Gasteiger partial charge < -0.3 is 20.6 Å². The predicted octanol–water partition coefficient (Wildman–Crippen LogP) is 3.95. The average molecular weight is 491 g/mol. The molecule has 1 aromatic carbocycles. The fourth-order valence-corrected chi connectivity index (χ4v) is 5.74. The molecule has 7 heteroatoms. The van der Waals surface area contributed by atoms with Crippen molar-refractivity contribution < 1.29 is 14.7 Å². The number of piperidine rings is 1. The third-order valence-corrected chi connectivity index (χ3v) is 7.90. The zero-order chi connectivity index (χ0) is 24.9. The zero-order valence-corrected chi connectivity index (χ0v) is 21.0. The van der Waals surface area contributed by atoms with Gasteiger partial charge in [0.05, 0.1) is 11.8 Å². The first kappa shape index (κ1) is 24.8. The van der Waals surface area contributed by atoms with E-state index in [1.54, 1.807) is 0 Å². The molecule has 1 aliphatic carbocycles. The summed E-state index contributed by atoms with van der Waals surface area (Å²) in [6, 6.07) is 12.2. The van der Waals surface area contributed by atoms with Crippen LogP contribution in [0.15, 0.2) is 36.4 Å². The largest absolute Gasteiger partial charge is 0.481 e. The van der Waals surface area contributed by atoms with E-state index < -0.39 is 11.9 Å². The highest BCUT2D eigenvalue weighted by Crippen LogP contribution is 2.43. The molecule has 5 rings (SSSR count). The molecule has 2 atom stereocenters. The van der Waals surface area contributed by atoms with Crippen LogP contribution >= 0.6 is 0 Å². The molecule has 2 aliphatic heterocycles. The summed E-state index contributed by atoms with van der Waals surface area (Å²) in [5.41, 5.74) is 4.42. The number of carbonyl (C=O) groups excluding carboxylic acids is 1. The molecule has 0 spiro atoms. The Kier molecular flexibility index (Phi) is 7.85. The Morgan fingerprint density at radius 3 is 2.83 bits per heavy atom. The lowest BCUT2D eigenvalue weighted by Gasteiger charge is -2.32. The molecule has 0 unspecified atom stereocenters. The van der Waals surface area contributed by atoms with Gasteiger partial charge in [-0.3, -0.25) is 9.59 Å². The Morgan fingerprint density at radius 2 is 2.00 bits per heavy atom. The van der Waals surface area contributed by atoms with Crippen LogP contribution in [0.1, 0.15) is 72.7 Å². The third-order valence-electron chi connectivity index (χ3n) is 7.90. The van der Waals surface area contributed by atoms with Gasteiger partial charge in [-0.25, -0.2) is 4.98 Å². The maximum Gasteiger partial charge on any atom is 0.312 e. The van der Waals surface area contributed by atoms with Crippen LogP contribution in [0.25, 0.3) is 0 Å². The van der Waals surface area contributed by atoms with Gasteiger partial charge >= 0.3 is 5.97 Å². The molecular weight excluding hydrogens is 452 g/mol. The minimum Gasteiger partial charge on any atom is -0.481 e. The molecular formula is C29H38N4O3. The Hall–Kier alpha value is -2.93. The first-order chi connectivity index (χ1) is 17.6. The van der Waals surface area contributed by atoms with Crippen molar-refractivity contribution in [2.24, 2.45) is 5.92 Å². The molecule has 192 valence electrons. The van der Waals surface area contributed by atoms with Crippen LogP contribution in [-0.2, 0) is 22.4 Å². The SMILES string of the molecule is O=C(NC[C@@H](C(=O)O)c1ccccc1C1CC1)[C@@H]1CCCN(CCCc2ccc3c(n2)NCCC3)C1. The second-order valence-corrected chi connectivity index (χ2v) is 10.6. The van der Waals surface area contributed by atoms with E-state index in [1.807, 2.05) is 24.3 Å². The first-order valence-corrected chi connectivity index (χ1v) is 13.6. The van der Waals surface area contributed by atoms with Gasteiger partial charge in [-0.2, -0.15) is 0 Å². The molecule has 1 saturated heterocycles. The molecule has 0 bridgehead atoms. The number of carbonyl (C=O) groups is 2. The van der Waals surface area contributed by atoms with Crippen molar-refractivity contribution in [3.8, 4) is 0 Å². The summed E-state index contributed by atoms with van der Waals surface area (Å²) in [7, 11) is 0. The summed E-state index contributed by atoms with van der Waals surface area (Å²) in [4.78, 5) is 32.3. The Labute approximate surface area is 213 Å². The van der Waals surface area contributed by atoms with E-state index in [0.29, 0.717) is 5.92 Å². The smallest absolute Gasteiger partial charge is 0.312 e. The number of aromatic nitrogens is 1. The van der Waals surface area contributed by atoms with E-state index in [1.165, 1.54) is 12.0 Å². The minimum absolute atomic E-state index is 0.0164. The number of benzene rings is 1. The van der Waals surface area contributed by atoms with E-state index in [4.69, 9.17) is 4.98 Å². The van der Waals surface area contributed by atoms with Gasteiger partial charge in [-0.15, -0.1) is 0 Å². The van der Waals surface area contributed by atoms with E-state index in [-0.39, 0.29) is 18.4 Å². The maximum absolute atomic E-state index is 13.0. The number of amides is 1. The van der Waals surface area contributed by atoms with E-state index in [2.05, 4.69) is 27.7 Å². The summed E-state index contributed by atoms with van der Waals surface area (Å²) in [6.07, 6.45) is 8.31. The standard InChI is InChI=1S/C29H38N4O3/c34-28(31-18-26(29(35)36)25-10-2-1-9-24(25)20-11-12-20)22-7-4-16-33(19-22)17-5-8-23-14-13-21-6-3-15-30-27(21)32-23/h1-2,9-10,13-14,20,22,26H,3-8,11-12,15-19H2,(H,30,32)(H,31,34)(H,35,36)/t22-,26-/m1/s1. The fraction of sp³-hybridized carbons (Fsp3) is 0.552. The number of nitrogens with one attached hydrogen (secondary N) is 2. The van der Waals surface area contributed by atoms with Crippen LogP contribution in [0.4, 0.5) is 5.82 Å². The molecule has 36 heavy (non-hydrogen) atoms. The van der Waals surface area contributed by atoms with Crippen molar-refractivity contribution in [2.45, 2.75) is 63.2 Å². The average Bonchev–Trinajstić information content (AvgIpc) is 3.74. The lowest BCUT2D eigenvalue weighted by Crippen LogP contribution is -2.44. The molecule has 0 radical (unpaired) electrons. The van der Waals surface area contributed by atoms with Crippen LogP contribution in [0.2, 0.25) is 0 Å². The molecule has 1 saturated carbocycles. The molecule has 3 N–H and O–H groups in total. The number of fused-ring (bicyclic) bond motifs is 1. The van der Waals surface area contributed by atoms with Crippen LogP contribution in [-0.4, -0.2) is 59.6 Å². The second-order valence-electron chi connectivity index (χ2n) is 10.6. The van der Waals surface area contributed by atoms with E-state index in [0.717, 1.165) is 93.8 Å². The fourth-order valence-electron chi connectivity index (χ4n) is 5.74. The van der Waals surface area contributed by atoms with Gasteiger partial charge in [-0.05, 0) is 93.1 Å². The molecule has 7 nitrogen and oxygen atoms in total. The highest BCUT2D eigenvalue weighted by Gasteiger charge is 2.32. The normalized spacial score (nSPS) is 20.7. The Bertz CT molecular complexity index is 1080. The van der Waals surface area contributed by atoms with Crippen LogP contribution in [0, 0.1) is 5.92 Å². The Morgan fingerprint density at radius 1 is 1.14 bits per heavy atom.